The van der Waals surface area contributed by atoms with Gasteiger partial charge in [0.25, 0.3) is 0 Å². The van der Waals surface area contributed by atoms with Crippen LogP contribution >= 0.6 is 11.3 Å². The molecule has 1 heterocycles. The predicted molar refractivity (Wildman–Crippen MR) is 240 cm³/mol. The van der Waals surface area contributed by atoms with Gasteiger partial charge in [-0.2, -0.15) is 0 Å². The molecule has 0 unspecified atom stereocenters. The lowest BCUT2D eigenvalue weighted by Gasteiger charge is -2.29. The molecule has 9 aromatic rings. The first kappa shape index (κ1) is 33.1. The second-order valence-corrected chi connectivity index (χ2v) is 17.6. The third-order valence-electron chi connectivity index (χ3n) is 12.7. The lowest BCUT2D eigenvalue weighted by atomic mass is 9.82. The molecule has 0 saturated carbocycles. The lowest BCUT2D eigenvalue weighted by Crippen LogP contribution is -2.16. The maximum absolute atomic E-state index is 2.47. The minimum absolute atomic E-state index is 0.0359. The summed E-state index contributed by atoms with van der Waals surface area (Å²) >= 11 is 1.87. The summed E-state index contributed by atoms with van der Waals surface area (Å²) in [5.74, 6) is 0. The number of hydrogen-bond acceptors (Lipinski definition) is 2. The molecule has 1 nitrogen and oxygen atoms in total. The first-order chi connectivity index (χ1) is 27.3. The van der Waals surface area contributed by atoms with Crippen LogP contribution in [0.3, 0.4) is 0 Å². The molecular weight excluding hydrogens is 695 g/mol. The van der Waals surface area contributed by atoms with E-state index in [-0.39, 0.29) is 10.8 Å². The third-order valence-corrected chi connectivity index (χ3v) is 13.9. The van der Waals surface area contributed by atoms with Gasteiger partial charge in [0.2, 0.25) is 0 Å². The molecule has 0 spiro atoms. The van der Waals surface area contributed by atoms with Gasteiger partial charge in [-0.3, -0.25) is 0 Å². The van der Waals surface area contributed by atoms with E-state index in [2.05, 4.69) is 209 Å². The van der Waals surface area contributed by atoms with Crippen LogP contribution in [0.1, 0.15) is 49.9 Å². The molecule has 11 rings (SSSR count). The highest BCUT2D eigenvalue weighted by Gasteiger charge is 2.38. The van der Waals surface area contributed by atoms with Crippen molar-refractivity contribution in [2.45, 2.75) is 38.5 Å². The Morgan fingerprint density at radius 2 is 0.875 bits per heavy atom. The van der Waals surface area contributed by atoms with Crippen LogP contribution in [-0.4, -0.2) is 0 Å². The van der Waals surface area contributed by atoms with E-state index in [1.54, 1.807) is 0 Å². The summed E-state index contributed by atoms with van der Waals surface area (Å²) in [7, 11) is 0. The summed E-state index contributed by atoms with van der Waals surface area (Å²) < 4.78 is 2.66. The summed E-state index contributed by atoms with van der Waals surface area (Å²) in [4.78, 5) is 2.47. The van der Waals surface area contributed by atoms with Crippen LogP contribution in [-0.2, 0) is 10.8 Å². The van der Waals surface area contributed by atoms with Gasteiger partial charge in [0.1, 0.15) is 0 Å². The summed E-state index contributed by atoms with van der Waals surface area (Å²) in [5, 5.41) is 2.65. The van der Waals surface area contributed by atoms with Crippen molar-refractivity contribution >= 4 is 48.6 Å². The molecule has 2 aliphatic carbocycles. The Kier molecular flexibility index (Phi) is 7.18. The Labute approximate surface area is 333 Å². The van der Waals surface area contributed by atoms with Gasteiger partial charge in [0.05, 0.1) is 5.69 Å². The number of thiophene rings is 1. The number of benzene rings is 8. The van der Waals surface area contributed by atoms with Gasteiger partial charge in [-0.25, -0.2) is 0 Å². The number of anilines is 3. The molecule has 0 bridgehead atoms. The van der Waals surface area contributed by atoms with Gasteiger partial charge in [-0.05, 0) is 110 Å². The summed E-state index contributed by atoms with van der Waals surface area (Å²) in [5.41, 5.74) is 19.2. The van der Waals surface area contributed by atoms with E-state index in [0.717, 1.165) is 11.4 Å². The van der Waals surface area contributed by atoms with E-state index in [0.29, 0.717) is 0 Å². The van der Waals surface area contributed by atoms with Crippen molar-refractivity contribution in [3.8, 4) is 44.5 Å². The minimum Gasteiger partial charge on any atom is -0.310 e. The smallest absolute Gasteiger partial charge is 0.0543 e. The lowest BCUT2D eigenvalue weighted by molar-refractivity contribution is 0.660. The zero-order valence-electron chi connectivity index (χ0n) is 32.1. The van der Waals surface area contributed by atoms with Crippen molar-refractivity contribution in [3.63, 3.8) is 0 Å². The molecule has 8 aromatic carbocycles. The van der Waals surface area contributed by atoms with E-state index in [9.17, 15) is 0 Å². The average Bonchev–Trinajstić information content (AvgIpc) is 3.81. The molecule has 0 amide bonds. The molecular formula is C54H41NS. The highest BCUT2D eigenvalue weighted by molar-refractivity contribution is 7.25. The quantitative estimate of drug-likeness (QED) is 0.170. The maximum atomic E-state index is 2.47. The standard InChI is InChI=1S/C54H41NS/c1-53(2)44-17-8-5-14-41(44)51-39(16-11-19-46(51)53)35-25-30-38(31-26-35)55(48-21-12-20-47-52(48)42-15-6-9-18-45(42)54(47,3)4)37-28-23-34(24-29-37)36-27-32-50-43(33-36)40-13-7-10-22-49(40)56-50/h5-33H,1-4H3. The first-order valence-electron chi connectivity index (χ1n) is 19.7. The number of fused-ring (bicyclic) bond motifs is 9. The van der Waals surface area contributed by atoms with Crippen LogP contribution in [0.4, 0.5) is 17.1 Å². The Hall–Kier alpha value is -6.22. The second kappa shape index (κ2) is 12.1. The maximum Gasteiger partial charge on any atom is 0.0543 e. The zero-order chi connectivity index (χ0) is 37.8. The molecule has 0 radical (unpaired) electrons. The Morgan fingerprint density at radius 3 is 1.57 bits per heavy atom. The van der Waals surface area contributed by atoms with Crippen molar-refractivity contribution in [1.29, 1.82) is 0 Å². The minimum atomic E-state index is -0.0937. The van der Waals surface area contributed by atoms with E-state index in [1.165, 1.54) is 92.6 Å². The number of hydrogen-bond donors (Lipinski definition) is 0. The fraction of sp³-hybridized carbons (Fsp3) is 0.111. The largest absolute Gasteiger partial charge is 0.310 e. The number of rotatable bonds is 5. The third kappa shape index (κ3) is 4.79. The molecule has 1 aromatic heterocycles. The van der Waals surface area contributed by atoms with E-state index in [1.807, 2.05) is 11.3 Å². The SMILES string of the molecule is CC1(C)c2ccccc2-c2c(-c3ccc(N(c4ccc(-c5ccc6sc7ccccc7c6c5)cc4)c4cccc5c4-c4ccccc4C5(C)C)cc3)cccc21. The number of nitrogens with zero attached hydrogens (tertiary/aromatic N) is 1. The van der Waals surface area contributed by atoms with Crippen molar-refractivity contribution in [2.75, 3.05) is 4.90 Å². The highest BCUT2D eigenvalue weighted by Crippen LogP contribution is 2.55. The van der Waals surface area contributed by atoms with Crippen molar-refractivity contribution in [1.82, 2.24) is 0 Å². The zero-order valence-corrected chi connectivity index (χ0v) is 32.9. The van der Waals surface area contributed by atoms with E-state index >= 15 is 0 Å². The second-order valence-electron chi connectivity index (χ2n) is 16.5. The molecule has 268 valence electrons. The van der Waals surface area contributed by atoms with Crippen LogP contribution in [0.15, 0.2) is 176 Å². The average molecular weight is 736 g/mol. The van der Waals surface area contributed by atoms with Crippen molar-refractivity contribution in [2.24, 2.45) is 0 Å². The first-order valence-corrected chi connectivity index (χ1v) is 20.5. The topological polar surface area (TPSA) is 3.24 Å². The predicted octanol–water partition coefficient (Wildman–Crippen LogP) is 15.5. The van der Waals surface area contributed by atoms with Crippen LogP contribution in [0.2, 0.25) is 0 Å². The fourth-order valence-corrected chi connectivity index (χ4v) is 10.9. The van der Waals surface area contributed by atoms with Gasteiger partial charge >= 0.3 is 0 Å². The van der Waals surface area contributed by atoms with Crippen LogP contribution < -0.4 is 4.90 Å². The van der Waals surface area contributed by atoms with Crippen LogP contribution in [0.25, 0.3) is 64.7 Å². The summed E-state index contributed by atoms with van der Waals surface area (Å²) in [6, 6.07) is 65.7. The fourth-order valence-electron chi connectivity index (χ4n) is 9.84. The molecule has 0 N–H and O–H groups in total. The van der Waals surface area contributed by atoms with Gasteiger partial charge in [0.15, 0.2) is 0 Å². The van der Waals surface area contributed by atoms with E-state index < -0.39 is 0 Å². The summed E-state index contributed by atoms with van der Waals surface area (Å²) in [6.07, 6.45) is 0. The van der Waals surface area contributed by atoms with Crippen LogP contribution in [0.5, 0.6) is 0 Å². The van der Waals surface area contributed by atoms with E-state index in [4.69, 9.17) is 0 Å². The molecule has 0 fully saturated rings. The van der Waals surface area contributed by atoms with Gasteiger partial charge < -0.3 is 4.90 Å². The Balaban J connectivity index is 1.05. The Morgan fingerprint density at radius 1 is 0.375 bits per heavy atom. The molecule has 56 heavy (non-hydrogen) atoms. The summed E-state index contributed by atoms with van der Waals surface area (Å²) in [6.45, 7) is 9.43. The molecule has 2 aliphatic rings. The molecule has 0 aliphatic heterocycles. The highest BCUT2D eigenvalue weighted by atomic mass is 32.1. The van der Waals surface area contributed by atoms with Crippen molar-refractivity contribution < 1.29 is 0 Å². The molecule has 2 heteroatoms. The van der Waals surface area contributed by atoms with Crippen molar-refractivity contribution in [3.05, 3.63) is 198 Å². The Bertz CT molecular complexity index is 3010. The monoisotopic (exact) mass is 735 g/mol. The van der Waals surface area contributed by atoms with Gasteiger partial charge in [-0.1, -0.05) is 155 Å². The van der Waals surface area contributed by atoms with Crippen LogP contribution in [0, 0.1) is 0 Å². The van der Waals surface area contributed by atoms with Gasteiger partial charge in [-0.15, -0.1) is 11.3 Å². The molecule has 0 atom stereocenters. The van der Waals surface area contributed by atoms with Gasteiger partial charge in [0, 0.05) is 47.9 Å². The molecule has 0 saturated heterocycles. The normalized spacial score (nSPS) is 14.4.